The van der Waals surface area contributed by atoms with Gasteiger partial charge in [-0.2, -0.15) is 9.90 Å². The molecule has 0 atom stereocenters. The van der Waals surface area contributed by atoms with Gasteiger partial charge in [0, 0.05) is 4.47 Å². The van der Waals surface area contributed by atoms with Crippen molar-refractivity contribution in [3.63, 3.8) is 0 Å². The van der Waals surface area contributed by atoms with Crippen LogP contribution in [0.25, 0.3) is 17.1 Å². The normalized spacial score (nSPS) is 10.9. The summed E-state index contributed by atoms with van der Waals surface area (Å²) in [5.74, 6) is 0.526. The minimum Gasteiger partial charge on any atom is -0.227 e. The minimum absolute atomic E-state index is 0.526. The molecule has 0 unspecified atom stereocenters. The molecule has 0 radical (unpaired) electrons. The number of benzene rings is 1. The number of hydrogen-bond donors (Lipinski definition) is 1. The lowest BCUT2D eigenvalue weighted by Crippen LogP contribution is -1.98. The number of aryl methyl sites for hydroxylation is 1. The van der Waals surface area contributed by atoms with Crippen LogP contribution in [-0.2, 0) is 6.54 Å². The molecule has 0 saturated carbocycles. The van der Waals surface area contributed by atoms with E-state index in [-0.39, 0.29) is 0 Å². The fraction of sp³-hybridized carbons (Fsp3) is 0.167. The topological polar surface area (TPSA) is 61.4 Å². The van der Waals surface area contributed by atoms with Crippen LogP contribution in [0, 0.1) is 0 Å². The number of thiol groups is 1. The van der Waals surface area contributed by atoms with Crippen molar-refractivity contribution in [2.75, 3.05) is 0 Å². The van der Waals surface area contributed by atoms with Crippen LogP contribution in [-0.4, -0.2) is 30.0 Å². The van der Waals surface area contributed by atoms with Crippen molar-refractivity contribution in [2.45, 2.75) is 18.5 Å². The first-order valence-electron chi connectivity index (χ1n) is 6.00. The van der Waals surface area contributed by atoms with Crippen LogP contribution in [0.1, 0.15) is 6.92 Å². The maximum Gasteiger partial charge on any atom is 0.209 e. The summed E-state index contributed by atoms with van der Waals surface area (Å²) in [6.07, 6.45) is 1.69. The molecule has 102 valence electrons. The van der Waals surface area contributed by atoms with Gasteiger partial charge in [0.2, 0.25) is 5.82 Å². The van der Waals surface area contributed by atoms with E-state index in [1.54, 1.807) is 10.9 Å². The van der Waals surface area contributed by atoms with Crippen molar-refractivity contribution in [1.29, 1.82) is 0 Å². The first kappa shape index (κ1) is 13.3. The molecule has 3 aromatic rings. The Morgan fingerprint density at radius 1 is 1.35 bits per heavy atom. The molecule has 8 heteroatoms. The van der Waals surface area contributed by atoms with E-state index < -0.39 is 0 Å². The fourth-order valence-electron chi connectivity index (χ4n) is 1.78. The predicted octanol–water partition coefficient (Wildman–Crippen LogP) is 2.60. The Bertz CT molecular complexity index is 750. The molecule has 0 aliphatic carbocycles. The van der Waals surface area contributed by atoms with Crippen molar-refractivity contribution < 1.29 is 0 Å². The van der Waals surface area contributed by atoms with Crippen molar-refractivity contribution in [3.05, 3.63) is 34.9 Å². The fourth-order valence-corrected chi connectivity index (χ4v) is 2.49. The smallest absolute Gasteiger partial charge is 0.209 e. The number of aromatic nitrogens is 6. The average molecular weight is 351 g/mol. The van der Waals surface area contributed by atoms with Crippen molar-refractivity contribution in [3.8, 4) is 17.1 Å². The minimum atomic E-state index is 0.526. The van der Waals surface area contributed by atoms with Gasteiger partial charge in [-0.3, -0.25) is 0 Å². The van der Waals surface area contributed by atoms with E-state index in [2.05, 4.69) is 49.1 Å². The Kier molecular flexibility index (Phi) is 3.58. The van der Waals surface area contributed by atoms with E-state index in [9.17, 15) is 0 Å². The van der Waals surface area contributed by atoms with E-state index in [4.69, 9.17) is 0 Å². The average Bonchev–Trinajstić information content (AvgIpc) is 3.04. The zero-order valence-electron chi connectivity index (χ0n) is 10.6. The molecule has 0 amide bonds. The molecular weight excluding hydrogens is 340 g/mol. The number of hydrogen-bond acceptors (Lipinski definition) is 5. The van der Waals surface area contributed by atoms with Gasteiger partial charge >= 0.3 is 0 Å². The summed E-state index contributed by atoms with van der Waals surface area (Å²) in [6, 6.07) is 7.82. The third-order valence-corrected chi connectivity index (χ3v) is 3.70. The summed E-state index contributed by atoms with van der Waals surface area (Å²) in [7, 11) is 0. The molecule has 0 fully saturated rings. The van der Waals surface area contributed by atoms with Gasteiger partial charge in [-0.15, -0.1) is 22.8 Å². The standard InChI is InChI=1S/C12H11BrN6S/c1-2-18-16-11(15-17-18)10-7-14-19(12(10)20)9-5-3-4-8(13)6-9/h3-7,20H,2H2,1H3. The molecule has 0 aliphatic heterocycles. The van der Waals surface area contributed by atoms with Gasteiger partial charge in [0.15, 0.2) is 0 Å². The lowest BCUT2D eigenvalue weighted by molar-refractivity contribution is 0.552. The number of halogens is 1. The first-order valence-corrected chi connectivity index (χ1v) is 7.24. The molecule has 1 aromatic carbocycles. The second-order valence-corrected chi connectivity index (χ2v) is 5.41. The van der Waals surface area contributed by atoms with Gasteiger partial charge in [0.25, 0.3) is 0 Å². The summed E-state index contributed by atoms with van der Waals surface area (Å²) < 4.78 is 2.71. The second kappa shape index (κ2) is 5.37. The van der Waals surface area contributed by atoms with Crippen LogP contribution in [0.15, 0.2) is 40.0 Å². The highest BCUT2D eigenvalue weighted by Gasteiger charge is 2.15. The molecule has 3 rings (SSSR count). The van der Waals surface area contributed by atoms with Crippen LogP contribution in [0.5, 0.6) is 0 Å². The van der Waals surface area contributed by atoms with Gasteiger partial charge in [-0.25, -0.2) is 4.68 Å². The van der Waals surface area contributed by atoms with Crippen molar-refractivity contribution >= 4 is 28.6 Å². The lowest BCUT2D eigenvalue weighted by Gasteiger charge is -2.04. The van der Waals surface area contributed by atoms with Crippen LogP contribution in [0.3, 0.4) is 0 Å². The largest absolute Gasteiger partial charge is 0.227 e. The molecular formula is C12H11BrN6S. The van der Waals surface area contributed by atoms with E-state index >= 15 is 0 Å². The molecule has 0 bridgehead atoms. The van der Waals surface area contributed by atoms with E-state index in [0.717, 1.165) is 15.7 Å². The Balaban J connectivity index is 2.04. The molecule has 0 N–H and O–H groups in total. The molecule has 0 spiro atoms. The van der Waals surface area contributed by atoms with Crippen molar-refractivity contribution in [2.24, 2.45) is 0 Å². The third kappa shape index (κ3) is 2.36. The third-order valence-electron chi connectivity index (χ3n) is 2.77. The summed E-state index contributed by atoms with van der Waals surface area (Å²) in [6.45, 7) is 2.63. The van der Waals surface area contributed by atoms with Crippen LogP contribution in [0.4, 0.5) is 0 Å². The first-order chi connectivity index (χ1) is 9.69. The second-order valence-electron chi connectivity index (χ2n) is 4.08. The lowest BCUT2D eigenvalue weighted by atomic mass is 10.3. The molecule has 20 heavy (non-hydrogen) atoms. The highest BCUT2D eigenvalue weighted by Crippen LogP contribution is 2.26. The summed E-state index contributed by atoms with van der Waals surface area (Å²) in [5.41, 5.74) is 1.67. The predicted molar refractivity (Wildman–Crippen MR) is 81.0 cm³/mol. The Morgan fingerprint density at radius 2 is 2.20 bits per heavy atom. The molecule has 2 aromatic heterocycles. The van der Waals surface area contributed by atoms with E-state index in [1.807, 2.05) is 31.2 Å². The van der Waals surface area contributed by atoms with Gasteiger partial charge in [-0.05, 0) is 30.3 Å². The van der Waals surface area contributed by atoms with Crippen LogP contribution in [0.2, 0.25) is 0 Å². The maximum atomic E-state index is 4.53. The molecule has 0 saturated heterocycles. The molecule has 0 aliphatic rings. The summed E-state index contributed by atoms with van der Waals surface area (Å²) >= 11 is 7.97. The van der Waals surface area contributed by atoms with E-state index in [0.29, 0.717) is 17.4 Å². The highest BCUT2D eigenvalue weighted by atomic mass is 79.9. The Labute approximate surface area is 129 Å². The SMILES string of the molecule is CCn1nnc(-c2cnn(-c3cccc(Br)c3)c2S)n1. The highest BCUT2D eigenvalue weighted by molar-refractivity contribution is 9.10. The van der Waals surface area contributed by atoms with Crippen LogP contribution >= 0.6 is 28.6 Å². The molecule has 6 nitrogen and oxygen atoms in total. The maximum absolute atomic E-state index is 4.53. The number of tetrazole rings is 1. The summed E-state index contributed by atoms with van der Waals surface area (Å²) in [5, 5.41) is 17.2. The molecule has 2 heterocycles. The zero-order valence-corrected chi connectivity index (χ0v) is 13.1. The Hall–Kier alpha value is -1.67. The van der Waals surface area contributed by atoms with Crippen molar-refractivity contribution in [1.82, 2.24) is 30.0 Å². The van der Waals surface area contributed by atoms with Gasteiger partial charge in [0.1, 0.15) is 5.03 Å². The summed E-state index contributed by atoms with van der Waals surface area (Å²) in [4.78, 5) is 1.53. The quantitative estimate of drug-likeness (QED) is 0.737. The van der Waals surface area contributed by atoms with Gasteiger partial charge in [-0.1, -0.05) is 22.0 Å². The van der Waals surface area contributed by atoms with Crippen LogP contribution < -0.4 is 0 Å². The number of rotatable bonds is 3. The van der Waals surface area contributed by atoms with Gasteiger partial charge in [0.05, 0.1) is 24.0 Å². The number of nitrogens with zero attached hydrogens (tertiary/aromatic N) is 6. The van der Waals surface area contributed by atoms with E-state index in [1.165, 1.54) is 4.80 Å². The van der Waals surface area contributed by atoms with Gasteiger partial charge < -0.3 is 0 Å². The Morgan fingerprint density at radius 3 is 2.90 bits per heavy atom. The monoisotopic (exact) mass is 350 g/mol. The zero-order chi connectivity index (χ0) is 14.1.